The van der Waals surface area contributed by atoms with Gasteiger partial charge in [-0.15, -0.1) is 0 Å². The van der Waals surface area contributed by atoms with Crippen molar-refractivity contribution < 1.29 is 32.5 Å². The van der Waals surface area contributed by atoms with E-state index in [2.05, 4.69) is 4.90 Å². The highest BCUT2D eigenvalue weighted by atomic mass is 19.4. The molecule has 0 spiro atoms. The maximum atomic E-state index is 12.8. The summed E-state index contributed by atoms with van der Waals surface area (Å²) in [5, 5.41) is 10.2. The SMILES string of the molecule is CN(C)C(=O)C[C@@H]1CC[C@H]2[C@@H](COC[C@@H](O)CN2Cc2ccc(C(F)(F)F)cc2)O1. The normalized spacial score (nSPS) is 28.3. The lowest BCUT2D eigenvalue weighted by molar-refractivity contribution is -0.160. The number of carbonyl (C=O) groups excluding carboxylic acids is 1. The van der Waals surface area contributed by atoms with E-state index in [1.165, 1.54) is 17.0 Å². The van der Waals surface area contributed by atoms with Crippen molar-refractivity contribution in [3.63, 3.8) is 0 Å². The maximum Gasteiger partial charge on any atom is 0.416 e. The number of hydrogen-bond acceptors (Lipinski definition) is 5. The third kappa shape index (κ3) is 5.94. The zero-order valence-corrected chi connectivity index (χ0v) is 17.3. The molecular formula is C21H29F3N2O4. The second-order valence-corrected chi connectivity index (χ2v) is 8.25. The number of hydrogen-bond donors (Lipinski definition) is 1. The molecule has 2 heterocycles. The van der Waals surface area contributed by atoms with E-state index in [0.29, 0.717) is 32.5 Å². The first kappa shape index (κ1) is 23.0. The van der Waals surface area contributed by atoms with Gasteiger partial charge in [0.05, 0.1) is 43.5 Å². The molecule has 168 valence electrons. The fraction of sp³-hybridized carbons (Fsp3) is 0.667. The summed E-state index contributed by atoms with van der Waals surface area (Å²) in [6.45, 7) is 1.21. The van der Waals surface area contributed by atoms with Gasteiger partial charge in [0.25, 0.3) is 0 Å². The second-order valence-electron chi connectivity index (χ2n) is 8.25. The molecule has 9 heteroatoms. The molecule has 0 saturated carbocycles. The van der Waals surface area contributed by atoms with Crippen molar-refractivity contribution in [2.45, 2.75) is 56.3 Å². The summed E-state index contributed by atoms with van der Waals surface area (Å²) in [5.74, 6) is 0.00208. The van der Waals surface area contributed by atoms with Crippen LogP contribution in [0.4, 0.5) is 13.2 Å². The zero-order valence-electron chi connectivity index (χ0n) is 17.3. The Balaban J connectivity index is 1.70. The molecule has 4 atom stereocenters. The Morgan fingerprint density at radius 3 is 2.53 bits per heavy atom. The lowest BCUT2D eigenvalue weighted by Crippen LogP contribution is -2.55. The van der Waals surface area contributed by atoms with Crippen LogP contribution in [0.15, 0.2) is 24.3 Å². The summed E-state index contributed by atoms with van der Waals surface area (Å²) < 4.78 is 50.2. The Morgan fingerprint density at radius 1 is 1.20 bits per heavy atom. The van der Waals surface area contributed by atoms with Crippen molar-refractivity contribution in [3.05, 3.63) is 35.4 Å². The topological polar surface area (TPSA) is 62.2 Å². The van der Waals surface area contributed by atoms with E-state index < -0.39 is 17.8 Å². The first-order valence-electron chi connectivity index (χ1n) is 10.1. The van der Waals surface area contributed by atoms with Crippen molar-refractivity contribution in [3.8, 4) is 0 Å². The molecular weight excluding hydrogens is 401 g/mol. The minimum atomic E-state index is -4.37. The number of aliphatic hydroxyl groups excluding tert-OH is 1. The fourth-order valence-electron chi connectivity index (χ4n) is 4.04. The highest BCUT2D eigenvalue weighted by Crippen LogP contribution is 2.31. The number of ether oxygens (including phenoxy) is 2. The fourth-order valence-corrected chi connectivity index (χ4v) is 4.04. The third-order valence-electron chi connectivity index (χ3n) is 5.66. The Morgan fingerprint density at radius 2 is 1.90 bits per heavy atom. The van der Waals surface area contributed by atoms with E-state index in [-0.39, 0.29) is 30.8 Å². The molecule has 0 aliphatic carbocycles. The van der Waals surface area contributed by atoms with E-state index in [0.717, 1.165) is 24.1 Å². The summed E-state index contributed by atoms with van der Waals surface area (Å²) in [7, 11) is 3.42. The number of carbonyl (C=O) groups is 1. The molecule has 2 aliphatic rings. The summed E-state index contributed by atoms with van der Waals surface area (Å²) in [5.41, 5.74) is 0.0555. The van der Waals surface area contributed by atoms with Crippen molar-refractivity contribution in [2.75, 3.05) is 33.9 Å². The number of amides is 1. The van der Waals surface area contributed by atoms with Gasteiger partial charge in [-0.3, -0.25) is 9.69 Å². The van der Waals surface area contributed by atoms with Crippen LogP contribution in [0.3, 0.4) is 0 Å². The number of alkyl halides is 3. The smallest absolute Gasteiger partial charge is 0.389 e. The lowest BCUT2D eigenvalue weighted by atomic mass is 9.94. The molecule has 2 saturated heterocycles. The van der Waals surface area contributed by atoms with Crippen molar-refractivity contribution in [1.29, 1.82) is 0 Å². The van der Waals surface area contributed by atoms with E-state index in [4.69, 9.17) is 9.47 Å². The first-order chi connectivity index (χ1) is 14.1. The van der Waals surface area contributed by atoms with Gasteiger partial charge in [0.1, 0.15) is 0 Å². The number of fused-ring (bicyclic) bond motifs is 1. The molecule has 0 unspecified atom stereocenters. The van der Waals surface area contributed by atoms with Gasteiger partial charge >= 0.3 is 6.18 Å². The molecule has 6 nitrogen and oxygen atoms in total. The van der Waals surface area contributed by atoms with Crippen LogP contribution in [0.1, 0.15) is 30.4 Å². The highest BCUT2D eigenvalue weighted by molar-refractivity contribution is 5.76. The molecule has 2 fully saturated rings. The number of benzene rings is 1. The maximum absolute atomic E-state index is 12.8. The number of nitrogens with zero attached hydrogens (tertiary/aromatic N) is 2. The van der Waals surface area contributed by atoms with Gasteiger partial charge in [-0.1, -0.05) is 12.1 Å². The predicted molar refractivity (Wildman–Crippen MR) is 104 cm³/mol. The average molecular weight is 430 g/mol. The lowest BCUT2D eigenvalue weighted by Gasteiger charge is -2.44. The van der Waals surface area contributed by atoms with Gasteiger partial charge in [-0.2, -0.15) is 13.2 Å². The third-order valence-corrected chi connectivity index (χ3v) is 5.66. The van der Waals surface area contributed by atoms with Crippen LogP contribution in [0.5, 0.6) is 0 Å². The van der Waals surface area contributed by atoms with Gasteiger partial charge < -0.3 is 19.5 Å². The van der Waals surface area contributed by atoms with Crippen LogP contribution < -0.4 is 0 Å². The van der Waals surface area contributed by atoms with Crippen LogP contribution in [-0.4, -0.2) is 79.0 Å². The van der Waals surface area contributed by atoms with Crippen LogP contribution in [0.2, 0.25) is 0 Å². The summed E-state index contributed by atoms with van der Waals surface area (Å²) in [6, 6.07) is 5.06. The van der Waals surface area contributed by atoms with E-state index in [9.17, 15) is 23.1 Å². The molecule has 1 amide bonds. The largest absolute Gasteiger partial charge is 0.416 e. The second kappa shape index (κ2) is 9.64. The number of β-amino-alcohol motifs (C(OH)–C–C–N with tert-alkyl or cyclic N) is 1. The molecule has 0 aromatic heterocycles. The summed E-state index contributed by atoms with van der Waals surface area (Å²) in [6.07, 6.45) is -3.75. The van der Waals surface area contributed by atoms with Gasteiger partial charge in [-0.25, -0.2) is 0 Å². The number of rotatable bonds is 4. The van der Waals surface area contributed by atoms with Crippen molar-refractivity contribution in [1.82, 2.24) is 9.80 Å². The minimum absolute atomic E-state index is 0.00208. The molecule has 1 N–H and O–H groups in total. The van der Waals surface area contributed by atoms with Gasteiger partial charge in [-0.05, 0) is 30.5 Å². The van der Waals surface area contributed by atoms with Gasteiger partial charge in [0.15, 0.2) is 0 Å². The molecule has 0 radical (unpaired) electrons. The van der Waals surface area contributed by atoms with E-state index in [1.807, 2.05) is 0 Å². The quantitative estimate of drug-likeness (QED) is 0.794. The predicted octanol–water partition coefficient (Wildman–Crippen LogP) is 2.29. The van der Waals surface area contributed by atoms with Crippen molar-refractivity contribution in [2.24, 2.45) is 0 Å². The molecule has 3 rings (SSSR count). The van der Waals surface area contributed by atoms with Gasteiger partial charge in [0.2, 0.25) is 5.91 Å². The zero-order chi connectivity index (χ0) is 21.9. The number of aliphatic hydroxyl groups is 1. The van der Waals surface area contributed by atoms with E-state index in [1.54, 1.807) is 14.1 Å². The Hall–Kier alpha value is -1.68. The van der Waals surface area contributed by atoms with Crippen molar-refractivity contribution >= 4 is 5.91 Å². The molecule has 1 aromatic carbocycles. The molecule has 30 heavy (non-hydrogen) atoms. The van der Waals surface area contributed by atoms with Crippen LogP contribution in [0.25, 0.3) is 0 Å². The Kier molecular flexibility index (Phi) is 7.38. The molecule has 2 aliphatic heterocycles. The highest BCUT2D eigenvalue weighted by Gasteiger charge is 2.38. The Bertz CT molecular complexity index is 711. The average Bonchev–Trinajstić information content (AvgIpc) is 2.66. The summed E-state index contributed by atoms with van der Waals surface area (Å²) >= 11 is 0. The van der Waals surface area contributed by atoms with E-state index >= 15 is 0 Å². The Labute approximate surface area is 174 Å². The van der Waals surface area contributed by atoms with Crippen LogP contribution in [-0.2, 0) is 27.0 Å². The minimum Gasteiger partial charge on any atom is -0.389 e. The first-order valence-corrected chi connectivity index (χ1v) is 10.1. The van der Waals surface area contributed by atoms with Crippen LogP contribution in [0, 0.1) is 0 Å². The molecule has 1 aromatic rings. The monoisotopic (exact) mass is 430 g/mol. The molecule has 0 bridgehead atoms. The van der Waals surface area contributed by atoms with Gasteiger partial charge in [0, 0.05) is 33.2 Å². The number of halogens is 3. The summed E-state index contributed by atoms with van der Waals surface area (Å²) in [4.78, 5) is 15.6. The standard InChI is InChI=1S/C21H29F3N2O4/c1-25(2)20(28)9-17-7-8-18-19(30-17)13-29-12-16(27)11-26(18)10-14-3-5-15(6-4-14)21(22,23)24/h3-6,16-19,27H,7-13H2,1-2H3/t16-,17-,18-,19+/m0/s1. The van der Waals surface area contributed by atoms with Crippen LogP contribution >= 0.6 is 0 Å².